The molecule has 1 heterocycles. The van der Waals surface area contributed by atoms with Crippen LogP contribution in [0.25, 0.3) is 0 Å². The van der Waals surface area contributed by atoms with E-state index in [-0.39, 0.29) is 0 Å². The van der Waals surface area contributed by atoms with Gasteiger partial charge in [-0.25, -0.2) is 0 Å². The molecule has 4 heteroatoms. The van der Waals surface area contributed by atoms with E-state index < -0.39 is 0 Å². The summed E-state index contributed by atoms with van der Waals surface area (Å²) in [6.45, 7) is 2.18. The first-order chi connectivity index (χ1) is 9.24. The van der Waals surface area contributed by atoms with Crippen molar-refractivity contribution in [3.8, 4) is 0 Å². The van der Waals surface area contributed by atoms with Crippen LogP contribution in [0.1, 0.15) is 23.4 Å². The lowest BCUT2D eigenvalue weighted by atomic mass is 10.0. The Morgan fingerprint density at radius 2 is 2.00 bits per heavy atom. The number of rotatable bonds is 6. The normalized spacial score (nSPS) is 12.6. The molecule has 0 amide bonds. The van der Waals surface area contributed by atoms with Crippen molar-refractivity contribution >= 4 is 39.0 Å². The van der Waals surface area contributed by atoms with Gasteiger partial charge in [-0.05, 0) is 57.9 Å². The summed E-state index contributed by atoms with van der Waals surface area (Å²) in [5.74, 6) is 1.12. The molecule has 0 aliphatic carbocycles. The lowest BCUT2D eigenvalue weighted by Gasteiger charge is -2.16. The predicted molar refractivity (Wildman–Crippen MR) is 90.4 cm³/mol. The second-order valence-corrected chi connectivity index (χ2v) is 7.43. The minimum absolute atomic E-state index is 0.371. The smallest absolute Gasteiger partial charge is 0.0366 e. The first-order valence-electron chi connectivity index (χ1n) is 6.36. The summed E-state index contributed by atoms with van der Waals surface area (Å²) in [5.41, 5.74) is 1.35. The Morgan fingerprint density at radius 1 is 1.26 bits per heavy atom. The van der Waals surface area contributed by atoms with Crippen molar-refractivity contribution in [2.75, 3.05) is 12.8 Å². The molecule has 1 aromatic carbocycles. The van der Waals surface area contributed by atoms with Gasteiger partial charge in [0.1, 0.15) is 0 Å². The zero-order valence-electron chi connectivity index (χ0n) is 11.2. The van der Waals surface area contributed by atoms with Gasteiger partial charge >= 0.3 is 0 Å². The second kappa shape index (κ2) is 7.48. The third-order valence-electron chi connectivity index (χ3n) is 3.02. The van der Waals surface area contributed by atoms with E-state index in [4.69, 9.17) is 0 Å². The van der Waals surface area contributed by atoms with Gasteiger partial charge in [0.2, 0.25) is 0 Å². The first-order valence-corrected chi connectivity index (χ1v) is 9.02. The monoisotopic (exact) mass is 355 g/mol. The summed E-state index contributed by atoms with van der Waals surface area (Å²) >= 11 is 7.30. The molecule has 19 heavy (non-hydrogen) atoms. The average Bonchev–Trinajstić information content (AvgIpc) is 2.83. The summed E-state index contributed by atoms with van der Waals surface area (Å²) in [4.78, 5) is 2.74. The average molecular weight is 356 g/mol. The molecule has 0 saturated carbocycles. The fourth-order valence-corrected chi connectivity index (χ4v) is 4.23. The van der Waals surface area contributed by atoms with E-state index in [0.29, 0.717) is 6.04 Å². The fraction of sp³-hybridized carbons (Fsp3) is 0.333. The third kappa shape index (κ3) is 4.09. The summed E-state index contributed by atoms with van der Waals surface area (Å²) in [7, 11) is 2.03. The van der Waals surface area contributed by atoms with E-state index in [0.717, 1.165) is 12.2 Å². The van der Waals surface area contributed by atoms with Gasteiger partial charge in [0.05, 0.1) is 0 Å². The Bertz CT molecular complexity index is 507. The van der Waals surface area contributed by atoms with Crippen LogP contribution in [0.15, 0.2) is 45.1 Å². The van der Waals surface area contributed by atoms with Gasteiger partial charge < -0.3 is 5.32 Å². The molecule has 1 aromatic heterocycles. The van der Waals surface area contributed by atoms with Crippen LogP contribution in [0, 0.1) is 0 Å². The third-order valence-corrected chi connectivity index (χ3v) is 5.87. The van der Waals surface area contributed by atoms with Crippen LogP contribution >= 0.6 is 39.0 Å². The Hall–Kier alpha value is -0.290. The molecule has 1 N–H and O–H groups in total. The van der Waals surface area contributed by atoms with Crippen molar-refractivity contribution < 1.29 is 0 Å². The van der Waals surface area contributed by atoms with Crippen molar-refractivity contribution in [1.29, 1.82) is 0 Å². The molecule has 102 valence electrons. The number of hydrogen-bond acceptors (Lipinski definition) is 3. The van der Waals surface area contributed by atoms with Crippen LogP contribution < -0.4 is 5.32 Å². The Balaban J connectivity index is 2.11. The SMILES string of the molecule is CCSc1ccc(C(Cc2sccc2Br)NC)cc1. The Morgan fingerprint density at radius 3 is 2.53 bits per heavy atom. The van der Waals surface area contributed by atoms with Gasteiger partial charge in [-0.3, -0.25) is 0 Å². The minimum Gasteiger partial charge on any atom is -0.313 e. The van der Waals surface area contributed by atoms with Gasteiger partial charge in [0, 0.05) is 26.7 Å². The van der Waals surface area contributed by atoms with Crippen LogP contribution in [0.3, 0.4) is 0 Å². The largest absolute Gasteiger partial charge is 0.313 e. The first kappa shape index (κ1) is 15.1. The highest BCUT2D eigenvalue weighted by Crippen LogP contribution is 2.29. The predicted octanol–water partition coefficient (Wildman–Crippen LogP) is 5.13. The van der Waals surface area contributed by atoms with Crippen LogP contribution in [0.5, 0.6) is 0 Å². The molecule has 0 radical (unpaired) electrons. The summed E-state index contributed by atoms with van der Waals surface area (Å²) < 4.78 is 1.22. The lowest BCUT2D eigenvalue weighted by molar-refractivity contribution is 0.595. The zero-order chi connectivity index (χ0) is 13.7. The van der Waals surface area contributed by atoms with E-state index in [2.05, 4.69) is 63.9 Å². The van der Waals surface area contributed by atoms with Gasteiger partial charge in [0.25, 0.3) is 0 Å². The van der Waals surface area contributed by atoms with Crippen LogP contribution in [0.2, 0.25) is 0 Å². The van der Waals surface area contributed by atoms with E-state index in [1.54, 1.807) is 0 Å². The van der Waals surface area contributed by atoms with E-state index in [1.165, 1.54) is 19.8 Å². The van der Waals surface area contributed by atoms with Gasteiger partial charge in [0.15, 0.2) is 0 Å². The second-order valence-electron chi connectivity index (χ2n) is 4.24. The maximum atomic E-state index is 3.61. The van der Waals surface area contributed by atoms with Crippen molar-refractivity contribution in [2.45, 2.75) is 24.3 Å². The van der Waals surface area contributed by atoms with Gasteiger partial charge in [-0.1, -0.05) is 19.1 Å². The Kier molecular flexibility index (Phi) is 5.95. The molecule has 2 rings (SSSR count). The molecule has 1 atom stereocenters. The number of thioether (sulfide) groups is 1. The van der Waals surface area contributed by atoms with Crippen LogP contribution in [-0.4, -0.2) is 12.8 Å². The van der Waals surface area contributed by atoms with Gasteiger partial charge in [-0.2, -0.15) is 0 Å². The minimum atomic E-state index is 0.371. The number of thiophene rings is 1. The molecule has 0 aliphatic rings. The molecule has 2 aromatic rings. The molecule has 0 aliphatic heterocycles. The van der Waals surface area contributed by atoms with Crippen molar-refractivity contribution in [3.05, 3.63) is 50.6 Å². The highest BCUT2D eigenvalue weighted by atomic mass is 79.9. The highest BCUT2D eigenvalue weighted by molar-refractivity contribution is 9.10. The molecule has 0 spiro atoms. The quantitative estimate of drug-likeness (QED) is 0.721. The lowest BCUT2D eigenvalue weighted by Crippen LogP contribution is -2.18. The Labute approximate surface area is 131 Å². The van der Waals surface area contributed by atoms with Crippen molar-refractivity contribution in [2.24, 2.45) is 0 Å². The summed E-state index contributed by atoms with van der Waals surface area (Å²) in [6, 6.07) is 11.4. The molecule has 1 unspecified atom stereocenters. The number of halogens is 1. The number of hydrogen-bond donors (Lipinski definition) is 1. The molecule has 0 saturated heterocycles. The van der Waals surface area contributed by atoms with Crippen LogP contribution in [-0.2, 0) is 6.42 Å². The van der Waals surface area contributed by atoms with Gasteiger partial charge in [-0.15, -0.1) is 23.1 Å². The number of benzene rings is 1. The summed E-state index contributed by atoms with van der Waals surface area (Å²) in [6.07, 6.45) is 1.02. The maximum absolute atomic E-state index is 3.61. The van der Waals surface area contributed by atoms with E-state index in [1.807, 2.05) is 30.1 Å². The highest BCUT2D eigenvalue weighted by Gasteiger charge is 2.12. The standard InChI is InChI=1S/C15H18BrNS2/c1-3-18-12-6-4-11(5-7-12)14(17-2)10-15-13(16)8-9-19-15/h4-9,14,17H,3,10H2,1-2H3. The van der Waals surface area contributed by atoms with E-state index >= 15 is 0 Å². The fourth-order valence-electron chi connectivity index (χ4n) is 2.01. The molecule has 0 fully saturated rings. The summed E-state index contributed by atoms with van der Waals surface area (Å²) in [5, 5.41) is 5.55. The van der Waals surface area contributed by atoms with Crippen molar-refractivity contribution in [3.63, 3.8) is 0 Å². The maximum Gasteiger partial charge on any atom is 0.0366 e. The number of likely N-dealkylation sites (N-methyl/N-ethyl adjacent to an activating group) is 1. The molecular weight excluding hydrogens is 338 g/mol. The topological polar surface area (TPSA) is 12.0 Å². The molecular formula is C15H18BrNS2. The van der Waals surface area contributed by atoms with Crippen molar-refractivity contribution in [1.82, 2.24) is 5.32 Å². The van der Waals surface area contributed by atoms with Crippen LogP contribution in [0.4, 0.5) is 0 Å². The van der Waals surface area contributed by atoms with E-state index in [9.17, 15) is 0 Å². The number of nitrogens with one attached hydrogen (secondary N) is 1. The molecule has 1 nitrogen and oxygen atoms in total. The zero-order valence-corrected chi connectivity index (χ0v) is 14.4. The molecule has 0 bridgehead atoms.